The highest BCUT2D eigenvalue weighted by Crippen LogP contribution is 2.20. The van der Waals surface area contributed by atoms with Crippen LogP contribution in [0, 0.1) is 10.8 Å². The van der Waals surface area contributed by atoms with Gasteiger partial charge >= 0.3 is 12.0 Å². The molecule has 0 rings (SSSR count). The van der Waals surface area contributed by atoms with E-state index in [1.807, 2.05) is 13.8 Å². The Morgan fingerprint density at radius 1 is 1.17 bits per heavy atom. The molecule has 0 aliphatic rings. The van der Waals surface area contributed by atoms with Gasteiger partial charge in [-0.1, -0.05) is 41.5 Å². The highest BCUT2D eigenvalue weighted by Gasteiger charge is 2.32. The molecule has 0 aromatic rings. The van der Waals surface area contributed by atoms with Crippen LogP contribution in [0.2, 0.25) is 0 Å². The van der Waals surface area contributed by atoms with Crippen LogP contribution in [-0.4, -0.2) is 29.7 Å². The van der Waals surface area contributed by atoms with E-state index in [0.717, 1.165) is 6.42 Å². The molecule has 0 aromatic heterocycles. The molecule has 0 heterocycles. The normalized spacial score (nSPS) is 13.9. The first kappa shape index (κ1) is 16.7. The highest BCUT2D eigenvalue weighted by molar-refractivity contribution is 5.83. The third-order valence-corrected chi connectivity index (χ3v) is 3.07. The number of nitrogens with one attached hydrogen (secondary N) is 2. The van der Waals surface area contributed by atoms with Gasteiger partial charge in [0.15, 0.2) is 0 Å². The standard InChI is InChI=1S/C13H26N2O3/c1-7-13(5,6)8-14-11(18)15-9(10(16)17)12(2,3)4/h9H,7-8H2,1-6H3,(H,16,17)(H2,14,15,18)/t9-/m0/s1. The molecule has 106 valence electrons. The maximum absolute atomic E-state index is 11.7. The van der Waals surface area contributed by atoms with Crippen molar-refractivity contribution in [3.63, 3.8) is 0 Å². The Kier molecular flexibility index (Phi) is 5.64. The molecule has 0 unspecified atom stereocenters. The predicted molar refractivity (Wildman–Crippen MR) is 71.5 cm³/mol. The van der Waals surface area contributed by atoms with E-state index in [4.69, 9.17) is 5.11 Å². The van der Waals surface area contributed by atoms with E-state index < -0.39 is 23.5 Å². The number of aliphatic carboxylic acids is 1. The van der Waals surface area contributed by atoms with Crippen LogP contribution in [0.3, 0.4) is 0 Å². The van der Waals surface area contributed by atoms with Crippen molar-refractivity contribution in [2.75, 3.05) is 6.54 Å². The first-order valence-corrected chi connectivity index (χ1v) is 6.27. The molecule has 0 fully saturated rings. The first-order chi connectivity index (χ1) is 7.99. The van der Waals surface area contributed by atoms with Gasteiger partial charge in [-0.2, -0.15) is 0 Å². The summed E-state index contributed by atoms with van der Waals surface area (Å²) in [5, 5.41) is 14.3. The van der Waals surface area contributed by atoms with Crippen molar-refractivity contribution in [3.05, 3.63) is 0 Å². The monoisotopic (exact) mass is 258 g/mol. The van der Waals surface area contributed by atoms with E-state index in [9.17, 15) is 9.59 Å². The van der Waals surface area contributed by atoms with Gasteiger partial charge in [-0.15, -0.1) is 0 Å². The minimum Gasteiger partial charge on any atom is -0.480 e. The molecular formula is C13H26N2O3. The third kappa shape index (κ3) is 5.89. The third-order valence-electron chi connectivity index (χ3n) is 3.07. The van der Waals surface area contributed by atoms with E-state index in [2.05, 4.69) is 17.6 Å². The van der Waals surface area contributed by atoms with Crippen molar-refractivity contribution in [3.8, 4) is 0 Å². The second-order valence-electron chi connectivity index (χ2n) is 6.48. The number of hydrogen-bond donors (Lipinski definition) is 3. The van der Waals surface area contributed by atoms with Gasteiger partial charge in [-0.05, 0) is 17.3 Å². The van der Waals surface area contributed by atoms with Crippen LogP contribution in [0.25, 0.3) is 0 Å². The quantitative estimate of drug-likeness (QED) is 0.707. The van der Waals surface area contributed by atoms with Crippen LogP contribution in [0.15, 0.2) is 0 Å². The van der Waals surface area contributed by atoms with Crippen molar-refractivity contribution in [1.29, 1.82) is 0 Å². The molecule has 0 bridgehead atoms. The Labute approximate surface area is 109 Å². The molecule has 18 heavy (non-hydrogen) atoms. The van der Waals surface area contributed by atoms with E-state index >= 15 is 0 Å². The molecule has 0 aliphatic carbocycles. The van der Waals surface area contributed by atoms with E-state index in [-0.39, 0.29) is 5.41 Å². The van der Waals surface area contributed by atoms with E-state index in [0.29, 0.717) is 6.54 Å². The zero-order chi connectivity index (χ0) is 14.6. The Morgan fingerprint density at radius 2 is 1.67 bits per heavy atom. The Balaban J connectivity index is 4.42. The SMILES string of the molecule is CCC(C)(C)CNC(=O)N[C@@H](C(=O)O)C(C)(C)C. The van der Waals surface area contributed by atoms with Crippen LogP contribution in [0.4, 0.5) is 4.79 Å². The van der Waals surface area contributed by atoms with Crippen LogP contribution >= 0.6 is 0 Å². The average Bonchev–Trinajstić information content (AvgIpc) is 2.21. The molecule has 0 radical (unpaired) electrons. The van der Waals surface area contributed by atoms with Crippen molar-refractivity contribution in [2.24, 2.45) is 10.8 Å². The molecule has 5 nitrogen and oxygen atoms in total. The maximum atomic E-state index is 11.7. The number of rotatable bonds is 5. The molecule has 3 N–H and O–H groups in total. The lowest BCUT2D eigenvalue weighted by molar-refractivity contribution is -0.141. The lowest BCUT2D eigenvalue weighted by atomic mass is 9.87. The second kappa shape index (κ2) is 6.07. The van der Waals surface area contributed by atoms with Crippen LogP contribution < -0.4 is 10.6 Å². The van der Waals surface area contributed by atoms with Gasteiger partial charge in [0, 0.05) is 6.54 Å². The summed E-state index contributed by atoms with van der Waals surface area (Å²) in [5.41, 5.74) is -0.513. The Morgan fingerprint density at radius 3 is 2.00 bits per heavy atom. The second-order valence-corrected chi connectivity index (χ2v) is 6.48. The fourth-order valence-corrected chi connectivity index (χ4v) is 1.28. The van der Waals surface area contributed by atoms with Gasteiger partial charge in [0.25, 0.3) is 0 Å². The van der Waals surface area contributed by atoms with Crippen molar-refractivity contribution >= 4 is 12.0 Å². The molecule has 0 spiro atoms. The topological polar surface area (TPSA) is 78.4 Å². The maximum Gasteiger partial charge on any atom is 0.326 e. The summed E-state index contributed by atoms with van der Waals surface area (Å²) in [6.07, 6.45) is 0.939. The molecule has 0 saturated carbocycles. The predicted octanol–water partition coefficient (Wildman–Crippen LogP) is 2.22. The first-order valence-electron chi connectivity index (χ1n) is 6.27. The molecule has 5 heteroatoms. The number of carboxylic acids is 1. The summed E-state index contributed by atoms with van der Waals surface area (Å²) in [4.78, 5) is 22.8. The number of carbonyl (C=O) groups excluding carboxylic acids is 1. The summed E-state index contributed by atoms with van der Waals surface area (Å²) in [6.45, 7) is 12.0. The lowest BCUT2D eigenvalue weighted by Gasteiger charge is -2.29. The summed E-state index contributed by atoms with van der Waals surface area (Å²) in [5.74, 6) is -1.02. The van der Waals surface area contributed by atoms with E-state index in [1.165, 1.54) is 0 Å². The Hall–Kier alpha value is -1.26. The smallest absolute Gasteiger partial charge is 0.326 e. The number of amides is 2. The summed E-state index contributed by atoms with van der Waals surface area (Å²) >= 11 is 0. The Bertz CT molecular complexity index is 306. The minimum atomic E-state index is -1.02. The molecule has 0 saturated heterocycles. The van der Waals surface area contributed by atoms with Gasteiger partial charge < -0.3 is 15.7 Å². The fourth-order valence-electron chi connectivity index (χ4n) is 1.28. The number of carbonyl (C=O) groups is 2. The number of carboxylic acid groups (broad SMARTS) is 1. The minimum absolute atomic E-state index is 0.0117. The zero-order valence-electron chi connectivity index (χ0n) is 12.3. The van der Waals surface area contributed by atoms with Gasteiger partial charge in [-0.3, -0.25) is 0 Å². The summed E-state index contributed by atoms with van der Waals surface area (Å²) in [6, 6.07) is -1.33. The fraction of sp³-hybridized carbons (Fsp3) is 0.846. The van der Waals surface area contributed by atoms with Gasteiger partial charge in [0.2, 0.25) is 0 Å². The molecular weight excluding hydrogens is 232 g/mol. The molecule has 1 atom stereocenters. The van der Waals surface area contributed by atoms with E-state index in [1.54, 1.807) is 20.8 Å². The van der Waals surface area contributed by atoms with Gasteiger partial charge in [0.1, 0.15) is 6.04 Å². The number of hydrogen-bond acceptors (Lipinski definition) is 2. The van der Waals surface area contributed by atoms with Crippen molar-refractivity contribution in [1.82, 2.24) is 10.6 Å². The van der Waals surface area contributed by atoms with Gasteiger partial charge in [0.05, 0.1) is 0 Å². The van der Waals surface area contributed by atoms with Crippen molar-refractivity contribution < 1.29 is 14.7 Å². The average molecular weight is 258 g/mol. The van der Waals surface area contributed by atoms with Crippen LogP contribution in [0.5, 0.6) is 0 Å². The molecule has 0 aromatic carbocycles. The molecule has 2 amide bonds. The van der Waals surface area contributed by atoms with Gasteiger partial charge in [-0.25, -0.2) is 9.59 Å². The lowest BCUT2D eigenvalue weighted by Crippen LogP contribution is -2.53. The van der Waals surface area contributed by atoms with Crippen LogP contribution in [0.1, 0.15) is 48.0 Å². The summed E-state index contributed by atoms with van der Waals surface area (Å²) < 4.78 is 0. The largest absolute Gasteiger partial charge is 0.480 e. The highest BCUT2D eigenvalue weighted by atomic mass is 16.4. The number of urea groups is 1. The zero-order valence-corrected chi connectivity index (χ0v) is 12.3. The van der Waals surface area contributed by atoms with Crippen LogP contribution in [-0.2, 0) is 4.79 Å². The van der Waals surface area contributed by atoms with Crippen molar-refractivity contribution in [2.45, 2.75) is 54.0 Å². The summed E-state index contributed by atoms with van der Waals surface area (Å²) in [7, 11) is 0. The molecule has 0 aliphatic heterocycles.